The molecular formula is C33H42N15O23P4S-3. The van der Waals surface area contributed by atoms with Gasteiger partial charge >= 0.3 is 5.65 Å². The summed E-state index contributed by atoms with van der Waals surface area (Å²) < 4.78 is 109. The molecule has 3 fully saturated rings. The number of aromatic nitrogens is 12. The van der Waals surface area contributed by atoms with Crippen LogP contribution in [0.4, 0.5) is 17.7 Å². The number of hydrogen-bond acceptors (Lipinski definition) is 33. The topological polar surface area (TPSA) is 553 Å². The van der Waals surface area contributed by atoms with E-state index in [1.165, 1.54) is 27.1 Å². The van der Waals surface area contributed by atoms with E-state index in [0.717, 1.165) is 37.8 Å². The first kappa shape index (κ1) is 56.0. The standard InChI is InChI=1S/C33H45N15O23P4S/c1-45-10-48(26-16(45)28(53)44-33(36)42-26)30-19(51)20(62-2)12(67-30)5-65-73(56,57)70-74(58,59)71-75(60,61)76-6-13-21(22(63-3)31(68-13)46-8-39-14-23(34)37-7-38-24(14)46)69-72(54,55)64-4-11-17(49)18(50)29(66-11)47-9-40-15-25(47)41-32(35)43-27(15)52/h7-13,17-22,29-31,49-51H,4-6H2,1-3H3,(H11-,34,35,36,37,38,41,42,43,44,52,53,54,55,56,57,58,59,60,61)/p-3/t11-,12-,13-,17?,18+,19?,20+,21?,22+,29-,30-,31-/m1/s1. The third kappa shape index (κ3) is 11.1. The smallest absolute Gasteiger partial charge is 0.313 e. The van der Waals surface area contributed by atoms with Gasteiger partial charge in [0, 0.05) is 20.0 Å². The maximum atomic E-state index is 13.6. The summed E-state index contributed by atoms with van der Waals surface area (Å²) in [5, 5.41) is 32.8. The van der Waals surface area contributed by atoms with Crippen LogP contribution in [0.3, 0.4) is 0 Å². The van der Waals surface area contributed by atoms with E-state index >= 15 is 0 Å². The van der Waals surface area contributed by atoms with Crippen LogP contribution in [0.2, 0.25) is 0 Å². The fraction of sp³-hybridized carbons (Fsp3) is 0.545. The largest absolute Gasteiger partial charge is 0.770 e. The van der Waals surface area contributed by atoms with Crippen LogP contribution >= 0.6 is 41.6 Å². The van der Waals surface area contributed by atoms with Crippen molar-refractivity contribution in [3.8, 4) is 0 Å². The summed E-state index contributed by atoms with van der Waals surface area (Å²) in [5.41, 5.74) is 15.5. The van der Waals surface area contributed by atoms with Crippen molar-refractivity contribution in [3.05, 3.63) is 46.0 Å². The number of H-pyrrole nitrogens is 2. The average molecular weight is 1170 g/mol. The molecule has 416 valence electrons. The second kappa shape index (κ2) is 21.1. The van der Waals surface area contributed by atoms with Gasteiger partial charge in [0.2, 0.25) is 17.7 Å². The second-order valence-corrected chi connectivity index (χ2v) is 24.9. The highest BCUT2D eigenvalue weighted by molar-refractivity contribution is 8.54. The summed E-state index contributed by atoms with van der Waals surface area (Å²) in [6.07, 6.45) is -14.8. The van der Waals surface area contributed by atoms with Gasteiger partial charge in [0.1, 0.15) is 60.7 Å². The van der Waals surface area contributed by atoms with Crippen LogP contribution in [-0.2, 0) is 71.2 Å². The number of aromatic amines is 2. The van der Waals surface area contributed by atoms with Gasteiger partial charge in [-0.2, -0.15) is 4.98 Å². The number of hydrogen-bond donors (Lipinski definition) is 8. The molecule has 16 atom stereocenters. The number of phosphoric acid groups is 3. The van der Waals surface area contributed by atoms with E-state index in [0.29, 0.717) is 0 Å². The van der Waals surface area contributed by atoms with Gasteiger partial charge < -0.3 is 89.3 Å². The first-order chi connectivity index (χ1) is 35.7. The van der Waals surface area contributed by atoms with E-state index in [1.807, 2.05) is 0 Å². The lowest BCUT2D eigenvalue weighted by molar-refractivity contribution is -0.745. The SMILES string of the molecule is CO[C@@H]1C(O)[C@H]([n+]2cn(C)c3c(=O)[nH]c(N)nc32)O[C@@H]1COP(=O)([O-])OP(=O)([O-])OP(=O)([O-])SC[C@H]1O[C@@H](n2cnc3c(N)ncnc32)[C@@H](OC)C1OP(=O)([O-])OC[C@H]1O[C@@H](n2cnc3c(=O)[nH]c(N)nc32)[C@@H](O)C1O. The highest BCUT2D eigenvalue weighted by Crippen LogP contribution is 2.67. The Hall–Kier alpha value is -4.76. The molecule has 6 aromatic heterocycles. The average Bonchev–Trinajstić information content (AvgIpc) is 4.20. The molecule has 7 unspecified atom stereocenters. The molecule has 0 radical (unpaired) electrons. The third-order valence-corrected chi connectivity index (χ3v) is 19.2. The molecule has 0 aromatic carbocycles. The van der Waals surface area contributed by atoms with Gasteiger partial charge in [-0.1, -0.05) is 16.4 Å². The Morgan fingerprint density at radius 2 is 1.36 bits per heavy atom. The predicted molar refractivity (Wildman–Crippen MR) is 241 cm³/mol. The van der Waals surface area contributed by atoms with Crippen molar-refractivity contribution in [1.29, 1.82) is 0 Å². The monoisotopic (exact) mass is 1170 g/mol. The lowest BCUT2D eigenvalue weighted by atomic mass is 10.1. The third-order valence-electron chi connectivity index (χ3n) is 11.8. The molecule has 0 amide bonds. The van der Waals surface area contributed by atoms with Crippen LogP contribution in [0, 0.1) is 0 Å². The number of nitrogens with two attached hydrogens (primary N) is 3. The number of anilines is 3. The molecule has 11 N–H and O–H groups in total. The summed E-state index contributed by atoms with van der Waals surface area (Å²) in [4.78, 5) is 106. The second-order valence-electron chi connectivity index (χ2n) is 16.6. The number of imidazole rings is 3. The highest BCUT2D eigenvalue weighted by atomic mass is 32.7. The fourth-order valence-corrected chi connectivity index (χ4v) is 15.3. The van der Waals surface area contributed by atoms with Crippen LogP contribution < -0.4 is 52.5 Å². The van der Waals surface area contributed by atoms with Crippen molar-refractivity contribution in [2.45, 2.75) is 73.6 Å². The van der Waals surface area contributed by atoms with Gasteiger partial charge in [-0.15, -0.1) is 0 Å². The van der Waals surface area contributed by atoms with Crippen molar-refractivity contribution in [2.75, 3.05) is 50.4 Å². The number of aliphatic hydroxyl groups is 3. The van der Waals surface area contributed by atoms with E-state index in [9.17, 15) is 62.7 Å². The van der Waals surface area contributed by atoms with Gasteiger partial charge in [0.15, 0.2) is 48.2 Å². The first-order valence-corrected chi connectivity index (χ1v) is 29.0. The van der Waals surface area contributed by atoms with E-state index in [2.05, 4.69) is 53.0 Å². The number of ether oxygens (including phenoxy) is 5. The lowest BCUT2D eigenvalue weighted by Crippen LogP contribution is -2.46. The van der Waals surface area contributed by atoms with Crippen molar-refractivity contribution >= 4 is 92.9 Å². The number of phosphoric ester groups is 2. The summed E-state index contributed by atoms with van der Waals surface area (Å²) in [5.74, 6) is -1.67. The molecule has 3 aliphatic heterocycles. The van der Waals surface area contributed by atoms with Crippen molar-refractivity contribution in [2.24, 2.45) is 7.05 Å². The minimum absolute atomic E-state index is 0.00554. The summed E-state index contributed by atoms with van der Waals surface area (Å²) in [6, 6.07) is 0. The quantitative estimate of drug-likeness (QED) is 0.0261. The summed E-state index contributed by atoms with van der Waals surface area (Å²) >= 11 is -0.345. The molecule has 3 saturated heterocycles. The maximum Gasteiger partial charge on any atom is 0.313 e. The minimum atomic E-state index is -6.46. The molecule has 38 nitrogen and oxygen atoms in total. The van der Waals surface area contributed by atoms with Crippen molar-refractivity contribution in [3.63, 3.8) is 0 Å². The number of aryl methyl sites for hydroxylation is 1. The van der Waals surface area contributed by atoms with Gasteiger partial charge in [0.05, 0.1) is 39.0 Å². The van der Waals surface area contributed by atoms with Gasteiger partial charge in [0.25, 0.3) is 40.5 Å². The number of nitrogens with zero attached hydrogens (tertiary/aromatic N) is 10. The maximum absolute atomic E-state index is 13.6. The Kier molecular flexibility index (Phi) is 15.6. The normalized spacial score (nSPS) is 30.2. The molecule has 9 rings (SSSR count). The van der Waals surface area contributed by atoms with E-state index in [1.54, 1.807) is 0 Å². The zero-order valence-electron chi connectivity index (χ0n) is 38.8. The van der Waals surface area contributed by atoms with Gasteiger partial charge in [-0.25, -0.2) is 28.8 Å². The number of nitrogens with one attached hydrogen (secondary N) is 2. The molecule has 6 aromatic rings. The molecule has 0 spiro atoms. The van der Waals surface area contributed by atoms with Crippen LogP contribution in [0.25, 0.3) is 33.5 Å². The van der Waals surface area contributed by atoms with Crippen LogP contribution in [-0.4, -0.2) is 157 Å². The molecule has 3 aliphatic rings. The van der Waals surface area contributed by atoms with E-state index in [-0.39, 0.29) is 62.6 Å². The zero-order valence-corrected chi connectivity index (χ0v) is 43.2. The Morgan fingerprint density at radius 3 is 2.07 bits per heavy atom. The summed E-state index contributed by atoms with van der Waals surface area (Å²) in [7, 11) is -14.6. The van der Waals surface area contributed by atoms with Crippen LogP contribution in [0.15, 0.2) is 34.9 Å². The predicted octanol–water partition coefficient (Wildman–Crippen LogP) is -5.87. The van der Waals surface area contributed by atoms with Crippen molar-refractivity contribution in [1.82, 2.24) is 53.6 Å². The molecule has 43 heteroatoms. The van der Waals surface area contributed by atoms with Gasteiger partial charge in [-0.3, -0.25) is 55.8 Å². The van der Waals surface area contributed by atoms with E-state index < -0.39 is 134 Å². The zero-order chi connectivity index (χ0) is 55.0. The molecule has 0 bridgehead atoms. The molecule has 9 heterocycles. The number of nitrogen functional groups attached to an aromatic ring is 3. The number of aliphatic hydroxyl groups excluding tert-OH is 3. The first-order valence-electron chi connectivity index (χ1n) is 21.5. The fourth-order valence-electron chi connectivity index (χ4n) is 8.54. The van der Waals surface area contributed by atoms with Crippen molar-refractivity contribution < 1.29 is 104 Å². The molecular weight excluding hydrogens is 1130 g/mol. The number of methoxy groups -OCH3 is 2. The summed E-state index contributed by atoms with van der Waals surface area (Å²) in [6.45, 7) is -8.02. The van der Waals surface area contributed by atoms with Crippen LogP contribution in [0.1, 0.15) is 18.7 Å². The number of rotatable bonds is 20. The Balaban J connectivity index is 0.866. The van der Waals surface area contributed by atoms with Crippen LogP contribution in [0.5, 0.6) is 0 Å². The Bertz CT molecular complexity index is 3490. The minimum Gasteiger partial charge on any atom is -0.770 e. The molecule has 0 aliphatic carbocycles. The molecule has 76 heavy (non-hydrogen) atoms. The lowest BCUT2D eigenvalue weighted by Gasteiger charge is -2.35. The Labute approximate surface area is 426 Å². The number of fused-ring (bicyclic) bond motifs is 3. The Morgan fingerprint density at radius 1 is 0.724 bits per heavy atom. The molecule has 0 saturated carbocycles. The van der Waals surface area contributed by atoms with Gasteiger partial charge in [-0.05, 0) is 0 Å². The van der Waals surface area contributed by atoms with E-state index in [4.69, 9.17) is 49.9 Å². The highest BCUT2D eigenvalue weighted by Gasteiger charge is 2.51.